The highest BCUT2D eigenvalue weighted by Gasteiger charge is 2.19. The van der Waals surface area contributed by atoms with Crippen molar-refractivity contribution in [1.29, 1.82) is 0 Å². The fourth-order valence-corrected chi connectivity index (χ4v) is 2.54. The molecule has 6 heteroatoms. The summed E-state index contributed by atoms with van der Waals surface area (Å²) in [7, 11) is 0. The zero-order valence-electron chi connectivity index (χ0n) is 10.2. The Labute approximate surface area is 113 Å². The molecule has 0 amide bonds. The average Bonchev–Trinajstić information content (AvgIpc) is 2.87. The lowest BCUT2D eigenvalue weighted by molar-refractivity contribution is 0.0698. The third kappa shape index (κ3) is 2.68. The van der Waals surface area contributed by atoms with Crippen molar-refractivity contribution in [3.8, 4) is 0 Å². The van der Waals surface area contributed by atoms with Crippen molar-refractivity contribution >= 4 is 28.7 Å². The van der Waals surface area contributed by atoms with Crippen LogP contribution in [0.15, 0.2) is 29.0 Å². The van der Waals surface area contributed by atoms with Crippen molar-refractivity contribution in [3.63, 3.8) is 0 Å². The van der Waals surface area contributed by atoms with E-state index in [2.05, 4.69) is 5.32 Å². The maximum Gasteiger partial charge on any atom is 0.340 e. The smallest absolute Gasteiger partial charge is 0.340 e. The van der Waals surface area contributed by atoms with E-state index in [1.165, 1.54) is 6.07 Å². The highest BCUT2D eigenvalue weighted by molar-refractivity contribution is 7.07. The molecule has 1 aromatic carbocycles. The first kappa shape index (κ1) is 13.4. The van der Waals surface area contributed by atoms with Gasteiger partial charge in [-0.2, -0.15) is 11.3 Å². The molecule has 0 aliphatic rings. The third-order valence-corrected chi connectivity index (χ3v) is 3.52. The van der Waals surface area contributed by atoms with Gasteiger partial charge in [-0.3, -0.25) is 0 Å². The Morgan fingerprint density at radius 2 is 2.21 bits per heavy atom. The van der Waals surface area contributed by atoms with Gasteiger partial charge in [0.05, 0.1) is 11.4 Å². The van der Waals surface area contributed by atoms with Crippen LogP contribution < -0.4 is 11.1 Å². The van der Waals surface area contributed by atoms with Crippen LogP contribution in [-0.4, -0.2) is 11.1 Å². The summed E-state index contributed by atoms with van der Waals surface area (Å²) in [6.07, 6.45) is 0. The molecule has 0 saturated heterocycles. The molecule has 0 bridgehead atoms. The number of halogens is 1. The molecule has 1 atom stereocenters. The molecule has 1 aromatic heterocycles. The van der Waals surface area contributed by atoms with E-state index in [1.807, 2.05) is 23.8 Å². The summed E-state index contributed by atoms with van der Waals surface area (Å²) < 4.78 is 13.3. The minimum Gasteiger partial charge on any atom is -0.478 e. The van der Waals surface area contributed by atoms with E-state index in [0.717, 1.165) is 11.6 Å². The number of nitrogens with two attached hydrogens (primary N) is 1. The lowest BCUT2D eigenvalue weighted by Crippen LogP contribution is -2.13. The van der Waals surface area contributed by atoms with Crippen molar-refractivity contribution in [1.82, 2.24) is 0 Å². The number of carboxylic acids is 1. The van der Waals surface area contributed by atoms with Gasteiger partial charge in [0.15, 0.2) is 0 Å². The number of benzene rings is 1. The molecule has 0 spiro atoms. The van der Waals surface area contributed by atoms with Crippen molar-refractivity contribution in [2.45, 2.75) is 13.0 Å². The monoisotopic (exact) mass is 280 g/mol. The Bertz CT molecular complexity index is 599. The highest BCUT2D eigenvalue weighted by Crippen LogP contribution is 2.28. The first-order valence-electron chi connectivity index (χ1n) is 5.60. The van der Waals surface area contributed by atoms with Gasteiger partial charge in [-0.05, 0) is 41.4 Å². The molecule has 0 fully saturated rings. The molecule has 4 N–H and O–H groups in total. The van der Waals surface area contributed by atoms with E-state index >= 15 is 0 Å². The van der Waals surface area contributed by atoms with Crippen molar-refractivity contribution < 1.29 is 14.3 Å². The molecule has 100 valence electrons. The number of hydrogen-bond donors (Lipinski definition) is 3. The molecule has 0 aliphatic heterocycles. The van der Waals surface area contributed by atoms with Crippen LogP contribution in [0.25, 0.3) is 0 Å². The summed E-state index contributed by atoms with van der Waals surface area (Å²) in [5, 5.41) is 16.1. The Morgan fingerprint density at radius 1 is 1.47 bits per heavy atom. The number of nitrogen functional groups attached to an aromatic ring is 1. The van der Waals surface area contributed by atoms with Gasteiger partial charge >= 0.3 is 5.97 Å². The Balaban J connectivity index is 2.35. The fourth-order valence-electron chi connectivity index (χ4n) is 1.78. The van der Waals surface area contributed by atoms with Gasteiger partial charge in [0.2, 0.25) is 0 Å². The first-order chi connectivity index (χ1) is 9.00. The van der Waals surface area contributed by atoms with E-state index in [4.69, 9.17) is 10.8 Å². The van der Waals surface area contributed by atoms with Crippen LogP contribution in [0.1, 0.15) is 28.9 Å². The normalized spacial score (nSPS) is 12.1. The number of nitrogens with one attached hydrogen (secondary N) is 1. The second-order valence-electron chi connectivity index (χ2n) is 4.11. The van der Waals surface area contributed by atoms with E-state index in [9.17, 15) is 9.18 Å². The number of hydrogen-bond acceptors (Lipinski definition) is 4. The maximum atomic E-state index is 13.3. The van der Waals surface area contributed by atoms with Crippen LogP contribution in [0.5, 0.6) is 0 Å². The van der Waals surface area contributed by atoms with E-state index in [0.29, 0.717) is 5.69 Å². The Morgan fingerprint density at radius 3 is 2.79 bits per heavy atom. The minimum absolute atomic E-state index is 0.0887. The fraction of sp³-hybridized carbons (Fsp3) is 0.154. The maximum absolute atomic E-state index is 13.3. The molecule has 1 heterocycles. The summed E-state index contributed by atoms with van der Waals surface area (Å²) in [5.41, 5.74) is 6.24. The second-order valence-corrected chi connectivity index (χ2v) is 4.89. The predicted octanol–water partition coefficient (Wildman–Crippen LogP) is 3.34. The number of anilines is 2. The van der Waals surface area contributed by atoms with Crippen LogP contribution in [0, 0.1) is 5.82 Å². The lowest BCUT2D eigenvalue weighted by Gasteiger charge is -2.17. The third-order valence-electron chi connectivity index (χ3n) is 2.82. The highest BCUT2D eigenvalue weighted by atomic mass is 32.1. The Kier molecular flexibility index (Phi) is 3.71. The van der Waals surface area contributed by atoms with Crippen LogP contribution in [0.4, 0.5) is 15.8 Å². The lowest BCUT2D eigenvalue weighted by atomic mass is 10.1. The SMILES string of the molecule is CC(Nc1ccc(F)c(N)c1C(=O)O)c1ccsc1. The molecular weight excluding hydrogens is 267 g/mol. The van der Waals surface area contributed by atoms with E-state index in [1.54, 1.807) is 11.3 Å². The standard InChI is InChI=1S/C13H13FN2O2S/c1-7(8-4-5-19-6-8)16-10-3-2-9(14)12(15)11(10)13(17)18/h2-7,16H,15H2,1H3,(H,17,18). The molecule has 2 aromatic rings. The van der Waals surface area contributed by atoms with Crippen LogP contribution >= 0.6 is 11.3 Å². The van der Waals surface area contributed by atoms with Crippen LogP contribution in [0.3, 0.4) is 0 Å². The molecule has 0 aliphatic carbocycles. The molecule has 19 heavy (non-hydrogen) atoms. The summed E-state index contributed by atoms with van der Waals surface area (Å²) >= 11 is 1.55. The summed E-state index contributed by atoms with van der Waals surface area (Å²) in [6, 6.07) is 4.40. The van der Waals surface area contributed by atoms with Crippen molar-refractivity contribution in [2.24, 2.45) is 0 Å². The molecule has 4 nitrogen and oxygen atoms in total. The van der Waals surface area contributed by atoms with Crippen LogP contribution in [-0.2, 0) is 0 Å². The molecule has 2 rings (SSSR count). The van der Waals surface area contributed by atoms with E-state index in [-0.39, 0.29) is 17.3 Å². The number of thiophene rings is 1. The van der Waals surface area contributed by atoms with Gasteiger partial charge < -0.3 is 16.2 Å². The van der Waals surface area contributed by atoms with Crippen molar-refractivity contribution in [2.75, 3.05) is 11.1 Å². The quantitative estimate of drug-likeness (QED) is 0.751. The molecular formula is C13H13FN2O2S. The summed E-state index contributed by atoms with van der Waals surface area (Å²) in [6.45, 7) is 1.90. The number of carbonyl (C=O) groups is 1. The van der Waals surface area contributed by atoms with E-state index < -0.39 is 11.8 Å². The zero-order valence-corrected chi connectivity index (χ0v) is 11.0. The largest absolute Gasteiger partial charge is 0.478 e. The van der Waals surface area contributed by atoms with Gasteiger partial charge in [-0.1, -0.05) is 0 Å². The predicted molar refractivity (Wildman–Crippen MR) is 74.1 cm³/mol. The number of rotatable bonds is 4. The summed E-state index contributed by atoms with van der Waals surface area (Å²) in [4.78, 5) is 11.2. The average molecular weight is 280 g/mol. The molecule has 1 unspecified atom stereocenters. The minimum atomic E-state index is -1.25. The molecule has 0 saturated carbocycles. The Hall–Kier alpha value is -2.08. The first-order valence-corrected chi connectivity index (χ1v) is 6.55. The van der Waals surface area contributed by atoms with Gasteiger partial charge in [-0.25, -0.2) is 9.18 Å². The number of aromatic carboxylic acids is 1. The topological polar surface area (TPSA) is 75.3 Å². The van der Waals surface area contributed by atoms with Crippen LogP contribution in [0.2, 0.25) is 0 Å². The number of carboxylic acid groups (broad SMARTS) is 1. The summed E-state index contributed by atoms with van der Waals surface area (Å²) in [5.74, 6) is -1.98. The molecule has 0 radical (unpaired) electrons. The van der Waals surface area contributed by atoms with Gasteiger partial charge in [0.1, 0.15) is 11.4 Å². The van der Waals surface area contributed by atoms with Gasteiger partial charge in [0, 0.05) is 6.04 Å². The van der Waals surface area contributed by atoms with Gasteiger partial charge in [-0.15, -0.1) is 0 Å². The second kappa shape index (κ2) is 5.27. The van der Waals surface area contributed by atoms with Gasteiger partial charge in [0.25, 0.3) is 0 Å². The van der Waals surface area contributed by atoms with Crippen molar-refractivity contribution in [3.05, 3.63) is 45.9 Å². The zero-order chi connectivity index (χ0) is 14.0.